The molecule has 1 heterocycles. The maximum Gasteiger partial charge on any atom is 0.193 e. The van der Waals surface area contributed by atoms with Crippen LogP contribution in [0.4, 0.5) is 0 Å². The van der Waals surface area contributed by atoms with Crippen LogP contribution in [-0.2, 0) is 0 Å². The fraction of sp³-hybridized carbons (Fsp3) is 0.125. The first-order valence-corrected chi connectivity index (χ1v) is 7.23. The number of aliphatic imine (C=N–C) groups is 1. The van der Waals surface area contributed by atoms with Crippen molar-refractivity contribution in [1.82, 2.24) is 5.32 Å². The zero-order valence-electron chi connectivity index (χ0n) is 10.8. The van der Waals surface area contributed by atoms with E-state index in [0.717, 1.165) is 29.0 Å². The first-order valence-electron chi connectivity index (χ1n) is 6.44. The molecular formula is C16H13BrN2O. The smallest absolute Gasteiger partial charge is 0.193 e. The lowest BCUT2D eigenvalue weighted by Crippen LogP contribution is -2.22. The second-order valence-electron chi connectivity index (χ2n) is 4.54. The van der Waals surface area contributed by atoms with Crippen molar-refractivity contribution in [2.45, 2.75) is 0 Å². The van der Waals surface area contributed by atoms with E-state index in [2.05, 4.69) is 26.2 Å². The number of halogens is 1. The van der Waals surface area contributed by atoms with Crippen LogP contribution in [0.15, 0.2) is 58.0 Å². The number of nitrogens with zero attached hydrogens (tertiary/aromatic N) is 1. The van der Waals surface area contributed by atoms with Crippen LogP contribution in [-0.4, -0.2) is 24.7 Å². The lowest BCUT2D eigenvalue weighted by molar-refractivity contribution is 0.103. The van der Waals surface area contributed by atoms with Crippen molar-refractivity contribution in [2.75, 3.05) is 13.1 Å². The molecule has 4 heteroatoms. The van der Waals surface area contributed by atoms with Gasteiger partial charge in [-0.2, -0.15) is 0 Å². The summed E-state index contributed by atoms with van der Waals surface area (Å²) >= 11 is 3.38. The minimum atomic E-state index is 0.0181. The Morgan fingerprint density at radius 1 is 1.10 bits per heavy atom. The zero-order chi connectivity index (χ0) is 13.9. The number of hydrogen-bond acceptors (Lipinski definition) is 3. The van der Waals surface area contributed by atoms with Gasteiger partial charge in [0.2, 0.25) is 0 Å². The number of rotatable bonds is 3. The third-order valence-electron chi connectivity index (χ3n) is 3.21. The number of carbonyl (C=O) groups excluding carboxylic acids is 1. The van der Waals surface area contributed by atoms with E-state index in [1.54, 1.807) is 0 Å². The maximum absolute atomic E-state index is 12.6. The van der Waals surface area contributed by atoms with E-state index >= 15 is 0 Å². The van der Waals surface area contributed by atoms with E-state index in [4.69, 9.17) is 0 Å². The highest BCUT2D eigenvalue weighted by atomic mass is 79.9. The first kappa shape index (κ1) is 13.1. The number of amidine groups is 1. The van der Waals surface area contributed by atoms with Crippen molar-refractivity contribution in [3.05, 3.63) is 69.7 Å². The molecule has 0 atom stereocenters. The highest BCUT2D eigenvalue weighted by Gasteiger charge is 2.18. The topological polar surface area (TPSA) is 41.5 Å². The summed E-state index contributed by atoms with van der Waals surface area (Å²) in [6, 6.07) is 15.0. The minimum absolute atomic E-state index is 0.0181. The van der Waals surface area contributed by atoms with Gasteiger partial charge in [0.05, 0.1) is 6.54 Å². The summed E-state index contributed by atoms with van der Waals surface area (Å²) in [6.45, 7) is 1.59. The second kappa shape index (κ2) is 5.59. The first-order chi connectivity index (χ1) is 9.75. The van der Waals surface area contributed by atoms with Gasteiger partial charge >= 0.3 is 0 Å². The van der Waals surface area contributed by atoms with E-state index < -0.39 is 0 Å². The average molecular weight is 329 g/mol. The lowest BCUT2D eigenvalue weighted by atomic mass is 9.98. The molecule has 0 radical (unpaired) electrons. The molecule has 0 saturated heterocycles. The maximum atomic E-state index is 12.6. The van der Waals surface area contributed by atoms with Gasteiger partial charge in [0.15, 0.2) is 5.78 Å². The van der Waals surface area contributed by atoms with Crippen LogP contribution in [0.25, 0.3) is 0 Å². The molecule has 1 aliphatic rings. The molecule has 1 aliphatic heterocycles. The fourth-order valence-corrected chi connectivity index (χ4v) is 2.49. The van der Waals surface area contributed by atoms with E-state index in [1.165, 1.54) is 0 Å². The van der Waals surface area contributed by atoms with Crippen molar-refractivity contribution in [3.63, 3.8) is 0 Å². The molecule has 0 aliphatic carbocycles. The standard InChI is InChI=1S/C16H13BrN2O/c17-12-7-5-11(6-8-12)15(20)13-3-1-2-4-14(13)16-18-9-10-19-16/h1-8H,9-10H2,(H,18,19). The van der Waals surface area contributed by atoms with Crippen LogP contribution in [0.1, 0.15) is 21.5 Å². The molecule has 0 bridgehead atoms. The van der Waals surface area contributed by atoms with Crippen LogP contribution >= 0.6 is 15.9 Å². The largest absolute Gasteiger partial charge is 0.368 e. The Morgan fingerprint density at radius 2 is 1.85 bits per heavy atom. The summed E-state index contributed by atoms with van der Waals surface area (Å²) in [5.74, 6) is 0.829. The molecule has 2 aromatic rings. The summed E-state index contributed by atoms with van der Waals surface area (Å²) < 4.78 is 0.962. The Hall–Kier alpha value is -1.94. The minimum Gasteiger partial charge on any atom is -0.368 e. The molecule has 2 aromatic carbocycles. The molecule has 3 nitrogen and oxygen atoms in total. The van der Waals surface area contributed by atoms with Crippen LogP contribution in [0.5, 0.6) is 0 Å². The highest BCUT2D eigenvalue weighted by molar-refractivity contribution is 9.10. The second-order valence-corrected chi connectivity index (χ2v) is 5.45. The van der Waals surface area contributed by atoms with Gasteiger partial charge in [0.25, 0.3) is 0 Å². The molecule has 0 unspecified atom stereocenters. The van der Waals surface area contributed by atoms with Gasteiger partial charge in [-0.3, -0.25) is 9.79 Å². The predicted octanol–water partition coefficient (Wildman–Crippen LogP) is 3.03. The van der Waals surface area contributed by atoms with Gasteiger partial charge in [-0.15, -0.1) is 0 Å². The molecule has 0 aromatic heterocycles. The summed E-state index contributed by atoms with van der Waals surface area (Å²) in [7, 11) is 0. The van der Waals surface area contributed by atoms with Crippen LogP contribution < -0.4 is 5.32 Å². The monoisotopic (exact) mass is 328 g/mol. The molecule has 0 fully saturated rings. The zero-order valence-corrected chi connectivity index (χ0v) is 12.4. The van der Waals surface area contributed by atoms with Gasteiger partial charge in [0, 0.05) is 27.7 Å². The Labute approximate surface area is 125 Å². The molecule has 0 amide bonds. The molecule has 0 spiro atoms. The fourth-order valence-electron chi connectivity index (χ4n) is 2.22. The number of hydrogen-bond donors (Lipinski definition) is 1. The van der Waals surface area contributed by atoms with Crippen molar-refractivity contribution in [2.24, 2.45) is 4.99 Å². The average Bonchev–Trinajstić information content (AvgIpc) is 3.01. The van der Waals surface area contributed by atoms with Crippen LogP contribution in [0.3, 0.4) is 0 Å². The Kier molecular flexibility index (Phi) is 3.65. The van der Waals surface area contributed by atoms with E-state index in [-0.39, 0.29) is 5.78 Å². The molecule has 1 N–H and O–H groups in total. The molecule has 100 valence electrons. The quantitative estimate of drug-likeness (QED) is 0.880. The number of carbonyl (C=O) groups is 1. The molecule has 3 rings (SSSR count). The van der Waals surface area contributed by atoms with Gasteiger partial charge in [-0.1, -0.05) is 40.2 Å². The van der Waals surface area contributed by atoms with Crippen molar-refractivity contribution < 1.29 is 4.79 Å². The van der Waals surface area contributed by atoms with Gasteiger partial charge < -0.3 is 5.32 Å². The predicted molar refractivity (Wildman–Crippen MR) is 83.4 cm³/mol. The van der Waals surface area contributed by atoms with E-state index in [1.807, 2.05) is 48.5 Å². The summed E-state index contributed by atoms with van der Waals surface area (Å²) in [4.78, 5) is 17.0. The Balaban J connectivity index is 2.01. The molecule has 20 heavy (non-hydrogen) atoms. The SMILES string of the molecule is O=C(c1ccc(Br)cc1)c1ccccc1C1=NCCN1. The summed E-state index contributed by atoms with van der Waals surface area (Å²) in [5.41, 5.74) is 2.24. The number of benzene rings is 2. The van der Waals surface area contributed by atoms with Gasteiger partial charge in [0.1, 0.15) is 5.84 Å². The van der Waals surface area contributed by atoms with Crippen LogP contribution in [0.2, 0.25) is 0 Å². The highest BCUT2D eigenvalue weighted by Crippen LogP contribution is 2.18. The third kappa shape index (κ3) is 2.51. The van der Waals surface area contributed by atoms with Crippen molar-refractivity contribution >= 4 is 27.5 Å². The van der Waals surface area contributed by atoms with E-state index in [0.29, 0.717) is 11.1 Å². The molecular weight excluding hydrogens is 316 g/mol. The third-order valence-corrected chi connectivity index (χ3v) is 3.74. The van der Waals surface area contributed by atoms with Gasteiger partial charge in [-0.05, 0) is 24.3 Å². The molecule has 0 saturated carbocycles. The van der Waals surface area contributed by atoms with Crippen molar-refractivity contribution in [3.8, 4) is 0 Å². The van der Waals surface area contributed by atoms with Crippen molar-refractivity contribution in [1.29, 1.82) is 0 Å². The summed E-state index contributed by atoms with van der Waals surface area (Å²) in [6.07, 6.45) is 0. The van der Waals surface area contributed by atoms with Crippen LogP contribution in [0, 0.1) is 0 Å². The number of ketones is 1. The Bertz CT molecular complexity index is 677. The lowest BCUT2D eigenvalue weighted by Gasteiger charge is -2.09. The Morgan fingerprint density at radius 3 is 2.55 bits per heavy atom. The summed E-state index contributed by atoms with van der Waals surface area (Å²) in [5, 5.41) is 3.22. The number of nitrogens with one attached hydrogen (secondary N) is 1. The van der Waals surface area contributed by atoms with E-state index in [9.17, 15) is 4.79 Å². The normalized spacial score (nSPS) is 13.8. The van der Waals surface area contributed by atoms with Gasteiger partial charge in [-0.25, -0.2) is 0 Å².